The molecular weight excluding hydrogens is 478 g/mol. The molecule has 4 rings (SSSR count). The third-order valence-corrected chi connectivity index (χ3v) is 5.51. The first kappa shape index (κ1) is 20.3. The maximum absolute atomic E-state index is 12.9. The summed E-state index contributed by atoms with van der Waals surface area (Å²) in [6.07, 6.45) is 0. The Labute approximate surface area is 184 Å². The molecule has 1 fully saturated rings. The van der Waals surface area contributed by atoms with Gasteiger partial charge in [0, 0.05) is 10.2 Å². The molecule has 0 aliphatic carbocycles. The standard InChI is InChI=1S/C19H15BrClN5O4/c1-30-14-7-4-11(8-13(14)21)22-15(27)9-25-17-16(23-24-25)18(28)26(19(17)29)12-5-2-10(20)3-6-12/h2-8,16-17H,9H2,1H3,(H,22,27)/t16-,17-/m0/s1. The number of fused-ring (bicyclic) bond motifs is 1. The van der Waals surface area contributed by atoms with Gasteiger partial charge in [-0.2, -0.15) is 5.11 Å². The summed E-state index contributed by atoms with van der Waals surface area (Å²) in [5.41, 5.74) is 0.902. The van der Waals surface area contributed by atoms with Crippen molar-refractivity contribution in [3.05, 3.63) is 52.0 Å². The van der Waals surface area contributed by atoms with E-state index in [9.17, 15) is 14.4 Å². The van der Waals surface area contributed by atoms with Crippen LogP contribution in [-0.2, 0) is 14.4 Å². The van der Waals surface area contributed by atoms with E-state index in [1.807, 2.05) is 0 Å². The molecule has 2 heterocycles. The van der Waals surface area contributed by atoms with Gasteiger partial charge in [-0.3, -0.25) is 19.4 Å². The highest BCUT2D eigenvalue weighted by molar-refractivity contribution is 9.10. The quantitative estimate of drug-likeness (QED) is 0.646. The number of rotatable bonds is 5. The number of ether oxygens (including phenoxy) is 1. The van der Waals surface area contributed by atoms with Crippen LogP contribution in [0, 0.1) is 0 Å². The van der Waals surface area contributed by atoms with Crippen molar-refractivity contribution in [1.29, 1.82) is 0 Å². The van der Waals surface area contributed by atoms with Crippen LogP contribution in [0.3, 0.4) is 0 Å². The molecule has 2 aliphatic rings. The van der Waals surface area contributed by atoms with Crippen LogP contribution in [0.5, 0.6) is 5.75 Å². The third-order valence-electron chi connectivity index (χ3n) is 4.68. The number of benzene rings is 2. The van der Waals surface area contributed by atoms with Crippen molar-refractivity contribution in [2.24, 2.45) is 10.3 Å². The predicted octanol–water partition coefficient (Wildman–Crippen LogP) is 3.04. The summed E-state index contributed by atoms with van der Waals surface area (Å²) in [6.45, 7) is -0.248. The van der Waals surface area contributed by atoms with Crippen LogP contribution in [0.1, 0.15) is 0 Å². The number of carbonyl (C=O) groups excluding carboxylic acids is 3. The molecule has 9 nitrogen and oxygen atoms in total. The maximum Gasteiger partial charge on any atom is 0.263 e. The average Bonchev–Trinajstić information content (AvgIpc) is 3.23. The number of methoxy groups -OCH3 is 1. The minimum absolute atomic E-state index is 0.248. The Bertz CT molecular complexity index is 1060. The molecule has 30 heavy (non-hydrogen) atoms. The molecule has 2 aliphatic heterocycles. The summed E-state index contributed by atoms with van der Waals surface area (Å²) in [5.74, 6) is -0.898. The third kappa shape index (κ3) is 3.63. The van der Waals surface area contributed by atoms with Gasteiger partial charge in [0.25, 0.3) is 11.8 Å². The fraction of sp³-hybridized carbons (Fsp3) is 0.211. The van der Waals surface area contributed by atoms with Gasteiger partial charge in [-0.25, -0.2) is 4.90 Å². The molecule has 0 saturated carbocycles. The second-order valence-corrected chi connectivity index (χ2v) is 7.90. The number of nitrogens with zero attached hydrogens (tertiary/aromatic N) is 4. The van der Waals surface area contributed by atoms with Gasteiger partial charge in [0.1, 0.15) is 12.3 Å². The Balaban J connectivity index is 1.46. The number of imide groups is 1. The van der Waals surface area contributed by atoms with E-state index in [4.69, 9.17) is 16.3 Å². The number of hydrogen-bond donors (Lipinski definition) is 1. The van der Waals surface area contributed by atoms with E-state index >= 15 is 0 Å². The van der Waals surface area contributed by atoms with Crippen LogP contribution in [0.4, 0.5) is 11.4 Å². The zero-order chi connectivity index (χ0) is 21.4. The first-order chi connectivity index (χ1) is 14.4. The minimum Gasteiger partial charge on any atom is -0.495 e. The molecular formula is C19H15BrClN5O4. The Kier molecular flexibility index (Phi) is 5.44. The largest absolute Gasteiger partial charge is 0.495 e. The van der Waals surface area contributed by atoms with Gasteiger partial charge in [0.05, 0.1) is 17.8 Å². The molecule has 0 bridgehead atoms. The van der Waals surface area contributed by atoms with Gasteiger partial charge >= 0.3 is 0 Å². The molecule has 3 amide bonds. The Morgan fingerprint density at radius 2 is 1.93 bits per heavy atom. The number of hydrogen-bond acceptors (Lipinski definition) is 7. The smallest absolute Gasteiger partial charge is 0.263 e. The summed E-state index contributed by atoms with van der Waals surface area (Å²) in [6, 6.07) is 9.66. The van der Waals surface area contributed by atoms with E-state index < -0.39 is 29.8 Å². The highest BCUT2D eigenvalue weighted by Gasteiger charge is 2.55. The van der Waals surface area contributed by atoms with Crippen LogP contribution in [0.15, 0.2) is 57.3 Å². The van der Waals surface area contributed by atoms with Crippen molar-refractivity contribution >= 4 is 56.6 Å². The average molecular weight is 493 g/mol. The fourth-order valence-corrected chi connectivity index (χ4v) is 3.81. The molecule has 154 valence electrons. The molecule has 1 N–H and O–H groups in total. The minimum atomic E-state index is -0.968. The lowest BCUT2D eigenvalue weighted by atomic mass is 10.1. The highest BCUT2D eigenvalue weighted by Crippen LogP contribution is 2.32. The van der Waals surface area contributed by atoms with Crippen LogP contribution >= 0.6 is 27.5 Å². The Morgan fingerprint density at radius 1 is 1.20 bits per heavy atom. The normalized spacial score (nSPS) is 20.0. The van der Waals surface area contributed by atoms with E-state index in [1.165, 1.54) is 12.1 Å². The molecule has 2 aromatic carbocycles. The Morgan fingerprint density at radius 3 is 2.60 bits per heavy atom. The first-order valence-electron chi connectivity index (χ1n) is 8.83. The fourth-order valence-electron chi connectivity index (χ4n) is 3.29. The van der Waals surface area contributed by atoms with Crippen molar-refractivity contribution in [1.82, 2.24) is 5.01 Å². The number of halogens is 2. The van der Waals surface area contributed by atoms with Gasteiger partial charge in [-0.15, -0.1) is 0 Å². The van der Waals surface area contributed by atoms with E-state index in [2.05, 4.69) is 31.6 Å². The van der Waals surface area contributed by atoms with E-state index in [1.54, 1.807) is 42.5 Å². The highest BCUT2D eigenvalue weighted by atomic mass is 79.9. The number of nitrogens with one attached hydrogen (secondary N) is 1. The van der Waals surface area contributed by atoms with Gasteiger partial charge in [0.2, 0.25) is 5.91 Å². The van der Waals surface area contributed by atoms with E-state index in [-0.39, 0.29) is 6.54 Å². The molecule has 2 aromatic rings. The SMILES string of the molecule is COc1ccc(NC(=O)CN2N=N[C@@H]3C(=O)N(c4ccc(Br)cc4)C(=O)[C@H]32)cc1Cl. The Hall–Kier alpha value is -2.98. The van der Waals surface area contributed by atoms with Crippen molar-refractivity contribution in [3.63, 3.8) is 0 Å². The summed E-state index contributed by atoms with van der Waals surface area (Å²) < 4.78 is 5.90. The number of anilines is 2. The van der Waals surface area contributed by atoms with Crippen LogP contribution < -0.4 is 15.0 Å². The topological polar surface area (TPSA) is 104 Å². The van der Waals surface area contributed by atoms with Crippen LogP contribution in [0.25, 0.3) is 0 Å². The second kappa shape index (κ2) is 8.04. The summed E-state index contributed by atoms with van der Waals surface area (Å²) >= 11 is 9.38. The number of carbonyl (C=O) groups is 3. The van der Waals surface area contributed by atoms with E-state index in [0.717, 1.165) is 9.37 Å². The second-order valence-electron chi connectivity index (χ2n) is 6.58. The molecule has 0 aromatic heterocycles. The molecule has 0 spiro atoms. The lowest BCUT2D eigenvalue weighted by molar-refractivity contribution is -0.123. The van der Waals surface area contributed by atoms with Gasteiger partial charge in [0.15, 0.2) is 12.1 Å². The zero-order valence-corrected chi connectivity index (χ0v) is 17.9. The molecule has 2 atom stereocenters. The van der Waals surface area contributed by atoms with E-state index in [0.29, 0.717) is 22.1 Å². The monoisotopic (exact) mass is 491 g/mol. The molecule has 1 saturated heterocycles. The zero-order valence-electron chi connectivity index (χ0n) is 15.6. The van der Waals surface area contributed by atoms with Crippen molar-refractivity contribution < 1.29 is 19.1 Å². The van der Waals surface area contributed by atoms with Crippen LogP contribution in [0.2, 0.25) is 5.02 Å². The molecule has 11 heteroatoms. The molecule has 0 radical (unpaired) electrons. The van der Waals surface area contributed by atoms with Crippen molar-refractivity contribution in [3.8, 4) is 5.75 Å². The van der Waals surface area contributed by atoms with Gasteiger partial charge in [-0.05, 0) is 42.5 Å². The number of amides is 3. The lowest BCUT2D eigenvalue weighted by Crippen LogP contribution is -2.43. The predicted molar refractivity (Wildman–Crippen MR) is 112 cm³/mol. The van der Waals surface area contributed by atoms with Crippen LogP contribution in [-0.4, -0.2) is 48.5 Å². The van der Waals surface area contributed by atoms with Gasteiger partial charge in [-0.1, -0.05) is 32.8 Å². The summed E-state index contributed by atoms with van der Waals surface area (Å²) in [4.78, 5) is 39.1. The summed E-state index contributed by atoms with van der Waals surface area (Å²) in [5, 5.41) is 12.0. The summed E-state index contributed by atoms with van der Waals surface area (Å²) in [7, 11) is 1.49. The van der Waals surface area contributed by atoms with Gasteiger partial charge < -0.3 is 10.1 Å². The van der Waals surface area contributed by atoms with Crippen molar-refractivity contribution in [2.45, 2.75) is 12.1 Å². The molecule has 0 unspecified atom stereocenters. The lowest BCUT2D eigenvalue weighted by Gasteiger charge is -2.20. The first-order valence-corrected chi connectivity index (χ1v) is 10.0. The van der Waals surface area contributed by atoms with Crippen molar-refractivity contribution in [2.75, 3.05) is 23.9 Å². The maximum atomic E-state index is 12.9.